The van der Waals surface area contributed by atoms with Gasteiger partial charge in [-0.1, -0.05) is 11.6 Å². The molecule has 0 radical (unpaired) electrons. The van der Waals surface area contributed by atoms with E-state index in [1.165, 1.54) is 32.1 Å². The van der Waals surface area contributed by atoms with Crippen LogP contribution in [0.1, 0.15) is 24.8 Å². The average molecular weight is 326 g/mol. The Balaban J connectivity index is 1.96. The number of likely N-dealkylation sites (tertiary alicyclic amines) is 1. The summed E-state index contributed by atoms with van der Waals surface area (Å²) >= 11 is 6.03. The lowest BCUT2D eigenvalue weighted by Crippen LogP contribution is -2.22. The highest BCUT2D eigenvalue weighted by molar-refractivity contribution is 6.49. The van der Waals surface area contributed by atoms with Crippen LogP contribution >= 0.6 is 11.6 Å². The van der Waals surface area contributed by atoms with Gasteiger partial charge in [0.25, 0.3) is 0 Å². The lowest BCUT2D eigenvalue weighted by Gasteiger charge is -2.16. The van der Waals surface area contributed by atoms with Crippen LogP contribution in [0, 0.1) is 0 Å². The summed E-state index contributed by atoms with van der Waals surface area (Å²) in [4.78, 5) is 2.46. The van der Waals surface area contributed by atoms with Gasteiger partial charge in [-0.15, -0.1) is 0 Å². The Morgan fingerprint density at radius 1 is 1.32 bits per heavy atom. The summed E-state index contributed by atoms with van der Waals surface area (Å²) in [7, 11) is 1.59. The predicted octanol–water partition coefficient (Wildman–Crippen LogP) is 2.64. The molecule has 1 fully saturated rings. The summed E-state index contributed by atoms with van der Waals surface area (Å²) in [5.74, 6) is 1.23. The number of hydrogen-bond donors (Lipinski definition) is 2. The van der Waals surface area contributed by atoms with Gasteiger partial charge >= 0.3 is 0 Å². The molecule has 1 aromatic rings. The molecule has 0 unspecified atom stereocenters. The van der Waals surface area contributed by atoms with E-state index in [0.717, 1.165) is 13.0 Å². The van der Waals surface area contributed by atoms with Crippen molar-refractivity contribution in [3.63, 3.8) is 0 Å². The lowest BCUT2D eigenvalue weighted by atomic mass is 10.1. The number of anilines is 1. The summed E-state index contributed by atoms with van der Waals surface area (Å²) in [6.45, 7) is 4.10. The van der Waals surface area contributed by atoms with Gasteiger partial charge in [0, 0.05) is 30.1 Å². The van der Waals surface area contributed by atoms with Crippen molar-refractivity contribution in [3.05, 3.63) is 23.9 Å². The molecule has 2 rings (SSSR count). The Hall–Kier alpha value is -1.59. The molecule has 0 aliphatic carbocycles. The molecule has 1 aliphatic rings. The van der Waals surface area contributed by atoms with Crippen LogP contribution in [0.5, 0.6) is 11.5 Å². The third kappa shape index (κ3) is 4.21. The smallest absolute Gasteiger partial charge is 0.163 e. The summed E-state index contributed by atoms with van der Waals surface area (Å²) in [6.07, 6.45) is 4.90. The van der Waals surface area contributed by atoms with Gasteiger partial charge in [0.1, 0.15) is 0 Å². The topological polar surface area (TPSA) is 73.7 Å². The number of nitrogen functional groups attached to an aromatic ring is 1. The van der Waals surface area contributed by atoms with Crippen LogP contribution < -0.4 is 20.9 Å². The minimum Gasteiger partial charge on any atom is -0.493 e. The van der Waals surface area contributed by atoms with Crippen LogP contribution in [0.2, 0.25) is 0 Å². The minimum absolute atomic E-state index is 0.386. The van der Waals surface area contributed by atoms with Crippen molar-refractivity contribution in [1.82, 2.24) is 4.90 Å². The zero-order chi connectivity index (χ0) is 15.9. The molecule has 0 aromatic heterocycles. The minimum atomic E-state index is 0.386. The number of hydrogen-bond acceptors (Lipinski definition) is 5. The zero-order valence-corrected chi connectivity index (χ0v) is 13.7. The van der Waals surface area contributed by atoms with E-state index in [2.05, 4.69) is 4.90 Å². The number of benzene rings is 1. The first-order valence-corrected chi connectivity index (χ1v) is 7.94. The van der Waals surface area contributed by atoms with E-state index in [9.17, 15) is 0 Å². The molecule has 0 amide bonds. The highest BCUT2D eigenvalue weighted by Gasteiger charge is 2.13. The van der Waals surface area contributed by atoms with E-state index in [1.807, 2.05) is 0 Å². The molecule has 5 nitrogen and oxygen atoms in total. The standard InChI is InChI=1S/C16H24ClN3O2/c1-21-15-9-12(13(17)11-18)14(19)10-16(15)22-8-4-7-20-5-2-3-6-20/h9-11H,2-8,18-19H2,1H3/b13-11+. The Kier molecular flexibility index (Phi) is 6.21. The van der Waals surface area contributed by atoms with Gasteiger partial charge in [0.2, 0.25) is 0 Å². The highest BCUT2D eigenvalue weighted by atomic mass is 35.5. The van der Waals surface area contributed by atoms with E-state index < -0.39 is 0 Å². The van der Waals surface area contributed by atoms with Gasteiger partial charge < -0.3 is 25.8 Å². The first kappa shape index (κ1) is 16.8. The molecule has 0 atom stereocenters. The fourth-order valence-corrected chi connectivity index (χ4v) is 2.78. The Morgan fingerprint density at radius 2 is 2.05 bits per heavy atom. The molecule has 0 bridgehead atoms. The normalized spacial score (nSPS) is 16.0. The van der Waals surface area contributed by atoms with Crippen molar-refractivity contribution < 1.29 is 9.47 Å². The second-order valence-electron chi connectivity index (χ2n) is 5.36. The fraction of sp³-hybridized carbons (Fsp3) is 0.500. The monoisotopic (exact) mass is 325 g/mol. The maximum atomic E-state index is 6.03. The van der Waals surface area contributed by atoms with Gasteiger partial charge in [-0.05, 0) is 38.4 Å². The summed E-state index contributed by atoms with van der Waals surface area (Å²) < 4.78 is 11.2. The third-order valence-electron chi connectivity index (χ3n) is 3.81. The third-order valence-corrected chi connectivity index (χ3v) is 4.14. The number of nitrogens with zero attached hydrogens (tertiary/aromatic N) is 1. The first-order chi connectivity index (χ1) is 10.7. The lowest BCUT2D eigenvalue weighted by molar-refractivity contribution is 0.254. The molecule has 0 saturated carbocycles. The van der Waals surface area contributed by atoms with Crippen LogP contribution in [0.4, 0.5) is 5.69 Å². The Morgan fingerprint density at radius 3 is 2.68 bits per heavy atom. The number of halogens is 1. The highest BCUT2D eigenvalue weighted by Crippen LogP contribution is 2.36. The van der Waals surface area contributed by atoms with Crippen molar-refractivity contribution in [2.75, 3.05) is 39.1 Å². The molecule has 1 saturated heterocycles. The van der Waals surface area contributed by atoms with Crippen LogP contribution in [-0.4, -0.2) is 38.3 Å². The number of ether oxygens (including phenoxy) is 2. The molecule has 4 N–H and O–H groups in total. The van der Waals surface area contributed by atoms with Crippen LogP contribution in [-0.2, 0) is 0 Å². The van der Waals surface area contributed by atoms with Gasteiger partial charge in [-0.3, -0.25) is 0 Å². The molecule has 122 valence electrons. The van der Waals surface area contributed by atoms with Gasteiger partial charge in [-0.25, -0.2) is 0 Å². The quantitative estimate of drug-likeness (QED) is 0.595. The molecular weight excluding hydrogens is 302 g/mol. The molecule has 0 spiro atoms. The zero-order valence-electron chi connectivity index (χ0n) is 13.0. The van der Waals surface area contributed by atoms with Crippen LogP contribution in [0.25, 0.3) is 5.03 Å². The predicted molar refractivity (Wildman–Crippen MR) is 91.2 cm³/mol. The van der Waals surface area contributed by atoms with E-state index in [4.69, 9.17) is 32.5 Å². The van der Waals surface area contributed by atoms with Crippen molar-refractivity contribution in [2.45, 2.75) is 19.3 Å². The molecule has 1 aliphatic heterocycles. The maximum Gasteiger partial charge on any atom is 0.163 e. The second-order valence-corrected chi connectivity index (χ2v) is 5.76. The van der Waals surface area contributed by atoms with Crippen molar-refractivity contribution in [2.24, 2.45) is 5.73 Å². The number of nitrogens with two attached hydrogens (primary N) is 2. The summed E-state index contributed by atoms with van der Waals surface area (Å²) in [6, 6.07) is 3.48. The van der Waals surface area contributed by atoms with Crippen molar-refractivity contribution >= 4 is 22.3 Å². The molecule has 22 heavy (non-hydrogen) atoms. The van der Waals surface area contributed by atoms with E-state index in [1.54, 1.807) is 19.2 Å². The van der Waals surface area contributed by atoms with E-state index >= 15 is 0 Å². The Bertz CT molecular complexity index is 528. The van der Waals surface area contributed by atoms with Crippen LogP contribution in [0.15, 0.2) is 18.3 Å². The van der Waals surface area contributed by atoms with Crippen molar-refractivity contribution in [3.8, 4) is 11.5 Å². The van der Waals surface area contributed by atoms with Gasteiger partial charge in [-0.2, -0.15) is 0 Å². The van der Waals surface area contributed by atoms with Crippen molar-refractivity contribution in [1.29, 1.82) is 0 Å². The molecule has 6 heteroatoms. The number of rotatable bonds is 7. The van der Waals surface area contributed by atoms with Gasteiger partial charge in [0.05, 0.1) is 18.7 Å². The molecular formula is C16H24ClN3O2. The largest absolute Gasteiger partial charge is 0.493 e. The molecule has 1 aromatic carbocycles. The maximum absolute atomic E-state index is 6.03. The molecule has 1 heterocycles. The summed E-state index contributed by atoms with van der Waals surface area (Å²) in [5, 5.41) is 0.386. The van der Waals surface area contributed by atoms with Crippen LogP contribution in [0.3, 0.4) is 0 Å². The summed E-state index contributed by atoms with van der Waals surface area (Å²) in [5.41, 5.74) is 12.6. The van der Waals surface area contributed by atoms with E-state index in [-0.39, 0.29) is 0 Å². The average Bonchev–Trinajstić information content (AvgIpc) is 3.04. The Labute approximate surface area is 136 Å². The second kappa shape index (κ2) is 8.15. The number of methoxy groups -OCH3 is 1. The van der Waals surface area contributed by atoms with Gasteiger partial charge in [0.15, 0.2) is 11.5 Å². The fourth-order valence-electron chi connectivity index (χ4n) is 2.62. The SMILES string of the molecule is COc1cc(/C(Cl)=C\N)c(N)cc1OCCCN1CCCC1. The van der Waals surface area contributed by atoms with E-state index in [0.29, 0.717) is 34.4 Å². The first-order valence-electron chi connectivity index (χ1n) is 7.56.